The van der Waals surface area contributed by atoms with Gasteiger partial charge in [-0.3, -0.25) is 9.59 Å². The summed E-state index contributed by atoms with van der Waals surface area (Å²) in [5, 5.41) is 11.9. The second-order valence-electron chi connectivity index (χ2n) is 5.30. The molecule has 0 aromatic heterocycles. The van der Waals surface area contributed by atoms with Crippen LogP contribution in [0.5, 0.6) is 5.75 Å². The molecule has 0 bridgehead atoms. The van der Waals surface area contributed by atoms with Gasteiger partial charge in [-0.25, -0.2) is 0 Å². The van der Waals surface area contributed by atoms with Crippen molar-refractivity contribution in [1.82, 2.24) is 10.2 Å². The van der Waals surface area contributed by atoms with Crippen molar-refractivity contribution in [2.75, 3.05) is 41.0 Å². The van der Waals surface area contributed by atoms with Crippen LogP contribution in [0.15, 0.2) is 29.8 Å². The van der Waals surface area contributed by atoms with Crippen LogP contribution in [0.2, 0.25) is 0 Å². The van der Waals surface area contributed by atoms with E-state index in [9.17, 15) is 14.9 Å². The average molecular weight is 345 g/mol. The number of nitriles is 1. The monoisotopic (exact) mass is 345 g/mol. The Labute approximate surface area is 147 Å². The van der Waals surface area contributed by atoms with Crippen LogP contribution >= 0.6 is 0 Å². The number of amides is 2. The molecule has 0 aliphatic rings. The summed E-state index contributed by atoms with van der Waals surface area (Å²) in [5.41, 5.74) is 0.615. The van der Waals surface area contributed by atoms with Crippen LogP contribution in [-0.2, 0) is 14.3 Å². The summed E-state index contributed by atoms with van der Waals surface area (Å²) in [6.45, 7) is 0.902. The predicted molar refractivity (Wildman–Crippen MR) is 93.7 cm³/mol. The van der Waals surface area contributed by atoms with Gasteiger partial charge < -0.3 is 19.7 Å². The summed E-state index contributed by atoms with van der Waals surface area (Å²) in [5.74, 6) is -0.176. The quantitative estimate of drug-likeness (QED) is 0.413. The molecule has 7 nitrogen and oxygen atoms in total. The van der Waals surface area contributed by atoms with E-state index >= 15 is 0 Å². The van der Waals surface area contributed by atoms with E-state index in [1.54, 1.807) is 31.4 Å². The molecule has 0 unspecified atom stereocenters. The largest absolute Gasteiger partial charge is 0.497 e. The molecule has 1 aromatic carbocycles. The van der Waals surface area contributed by atoms with Crippen molar-refractivity contribution in [3.05, 3.63) is 35.4 Å². The summed E-state index contributed by atoms with van der Waals surface area (Å²) in [4.78, 5) is 25.4. The molecule has 0 spiro atoms. The van der Waals surface area contributed by atoms with Crippen molar-refractivity contribution in [2.24, 2.45) is 0 Å². The van der Waals surface area contributed by atoms with Crippen molar-refractivity contribution in [3.8, 4) is 11.8 Å². The maximum atomic E-state index is 12.3. The standard InChI is InChI=1S/C18H23N3O4/c1-21(13-17(22)20-8-5-9-24-2)18(23)15(12-19)10-14-6-4-7-16(11-14)25-3/h4,6-7,10-11H,5,8-9,13H2,1-3H3,(H,20,22)/b15-10+. The molecule has 0 aliphatic carbocycles. The Kier molecular flexibility index (Phi) is 8.75. The lowest BCUT2D eigenvalue weighted by atomic mass is 10.1. The lowest BCUT2D eigenvalue weighted by molar-refractivity contribution is -0.131. The second kappa shape index (κ2) is 10.8. The van der Waals surface area contributed by atoms with Gasteiger partial charge in [0.15, 0.2) is 0 Å². The highest BCUT2D eigenvalue weighted by atomic mass is 16.5. The Balaban J connectivity index is 2.69. The third-order valence-corrected chi connectivity index (χ3v) is 3.33. The van der Waals surface area contributed by atoms with Gasteiger partial charge in [0.25, 0.3) is 5.91 Å². The van der Waals surface area contributed by atoms with Crippen LogP contribution in [0.1, 0.15) is 12.0 Å². The topological polar surface area (TPSA) is 91.7 Å². The molecule has 7 heteroatoms. The van der Waals surface area contributed by atoms with Crippen molar-refractivity contribution in [1.29, 1.82) is 5.26 Å². The van der Waals surface area contributed by atoms with E-state index in [4.69, 9.17) is 9.47 Å². The van der Waals surface area contributed by atoms with Gasteiger partial charge >= 0.3 is 0 Å². The van der Waals surface area contributed by atoms with Crippen molar-refractivity contribution in [2.45, 2.75) is 6.42 Å². The van der Waals surface area contributed by atoms with E-state index in [-0.39, 0.29) is 18.0 Å². The fourth-order valence-corrected chi connectivity index (χ4v) is 2.03. The summed E-state index contributed by atoms with van der Waals surface area (Å²) >= 11 is 0. The number of ether oxygens (including phenoxy) is 2. The first kappa shape index (κ1) is 20.2. The SMILES string of the molecule is COCCCNC(=O)CN(C)C(=O)/C(C#N)=C/c1cccc(OC)c1. The number of hydrogen-bond donors (Lipinski definition) is 1. The first-order valence-electron chi connectivity index (χ1n) is 7.78. The number of carbonyl (C=O) groups is 2. The van der Waals surface area contributed by atoms with Gasteiger partial charge in [0.2, 0.25) is 5.91 Å². The first-order chi connectivity index (χ1) is 12.0. The predicted octanol–water partition coefficient (Wildman–Crippen LogP) is 1.21. The Morgan fingerprint density at radius 2 is 2.12 bits per heavy atom. The van der Waals surface area contributed by atoms with Gasteiger partial charge in [-0.05, 0) is 30.2 Å². The molecule has 134 valence electrons. The minimum absolute atomic E-state index is 0.0528. The molecule has 25 heavy (non-hydrogen) atoms. The number of hydrogen-bond acceptors (Lipinski definition) is 5. The summed E-state index contributed by atoms with van der Waals surface area (Å²) in [6.07, 6.45) is 2.16. The van der Waals surface area contributed by atoms with Crippen LogP contribution in [0, 0.1) is 11.3 Å². The molecule has 1 N–H and O–H groups in total. The highest BCUT2D eigenvalue weighted by Gasteiger charge is 2.17. The number of nitrogens with one attached hydrogen (secondary N) is 1. The highest BCUT2D eigenvalue weighted by molar-refractivity contribution is 6.02. The fraction of sp³-hybridized carbons (Fsp3) is 0.389. The number of rotatable bonds is 9. The zero-order chi connectivity index (χ0) is 18.7. The van der Waals surface area contributed by atoms with Gasteiger partial charge in [-0.15, -0.1) is 0 Å². The van der Waals surface area contributed by atoms with Gasteiger partial charge in [-0.2, -0.15) is 5.26 Å². The minimum Gasteiger partial charge on any atom is -0.497 e. The van der Waals surface area contributed by atoms with Gasteiger partial charge in [0.1, 0.15) is 17.4 Å². The van der Waals surface area contributed by atoms with Crippen LogP contribution < -0.4 is 10.1 Å². The molecule has 0 fully saturated rings. The van der Waals surface area contributed by atoms with Crippen LogP contribution in [0.3, 0.4) is 0 Å². The Morgan fingerprint density at radius 1 is 1.36 bits per heavy atom. The lowest BCUT2D eigenvalue weighted by Crippen LogP contribution is -2.39. The molecule has 0 saturated heterocycles. The lowest BCUT2D eigenvalue weighted by Gasteiger charge is -2.16. The van der Waals surface area contributed by atoms with Crippen molar-refractivity contribution < 1.29 is 19.1 Å². The first-order valence-corrected chi connectivity index (χ1v) is 7.78. The number of methoxy groups -OCH3 is 2. The molecule has 0 atom stereocenters. The Morgan fingerprint density at radius 3 is 2.76 bits per heavy atom. The second-order valence-corrected chi connectivity index (χ2v) is 5.30. The zero-order valence-corrected chi connectivity index (χ0v) is 14.7. The molecular weight excluding hydrogens is 322 g/mol. The van der Waals surface area contributed by atoms with E-state index in [2.05, 4.69) is 5.32 Å². The molecule has 0 aliphatic heterocycles. The van der Waals surface area contributed by atoms with E-state index in [1.807, 2.05) is 6.07 Å². The molecule has 1 rings (SSSR count). The number of nitrogens with zero attached hydrogens (tertiary/aromatic N) is 2. The van der Waals surface area contributed by atoms with Gasteiger partial charge in [0.05, 0.1) is 13.7 Å². The van der Waals surface area contributed by atoms with Crippen LogP contribution in [-0.4, -0.2) is 57.7 Å². The average Bonchev–Trinajstić information content (AvgIpc) is 2.62. The van der Waals surface area contributed by atoms with E-state index in [0.717, 1.165) is 0 Å². The molecule has 0 radical (unpaired) electrons. The highest BCUT2D eigenvalue weighted by Crippen LogP contribution is 2.15. The third-order valence-electron chi connectivity index (χ3n) is 3.33. The molecule has 2 amide bonds. The molecule has 0 saturated carbocycles. The number of carbonyl (C=O) groups excluding carboxylic acids is 2. The zero-order valence-electron chi connectivity index (χ0n) is 14.7. The molecule has 0 heterocycles. The minimum atomic E-state index is -0.516. The maximum Gasteiger partial charge on any atom is 0.264 e. The van der Waals surface area contributed by atoms with Crippen molar-refractivity contribution >= 4 is 17.9 Å². The molecular formula is C18H23N3O4. The van der Waals surface area contributed by atoms with Crippen molar-refractivity contribution in [3.63, 3.8) is 0 Å². The Hall–Kier alpha value is -2.85. The van der Waals surface area contributed by atoms with Crippen LogP contribution in [0.25, 0.3) is 6.08 Å². The smallest absolute Gasteiger partial charge is 0.264 e. The summed E-state index contributed by atoms with van der Waals surface area (Å²) < 4.78 is 10.0. The Bertz CT molecular complexity index is 665. The van der Waals surface area contributed by atoms with E-state index < -0.39 is 5.91 Å². The fourth-order valence-electron chi connectivity index (χ4n) is 2.03. The van der Waals surface area contributed by atoms with Gasteiger partial charge in [0, 0.05) is 27.3 Å². The number of likely N-dealkylation sites (N-methyl/N-ethyl adjacent to an activating group) is 1. The van der Waals surface area contributed by atoms with Gasteiger partial charge in [-0.1, -0.05) is 12.1 Å². The maximum absolute atomic E-state index is 12.3. The van der Waals surface area contributed by atoms with E-state index in [1.165, 1.54) is 25.1 Å². The normalized spacial score (nSPS) is 10.7. The summed E-state index contributed by atoms with van der Waals surface area (Å²) in [7, 11) is 4.61. The summed E-state index contributed by atoms with van der Waals surface area (Å²) in [6, 6.07) is 8.89. The van der Waals surface area contributed by atoms with Crippen LogP contribution in [0.4, 0.5) is 0 Å². The van der Waals surface area contributed by atoms with E-state index in [0.29, 0.717) is 30.9 Å². The third kappa shape index (κ3) is 7.06. The molecule has 1 aromatic rings. The number of benzene rings is 1.